The van der Waals surface area contributed by atoms with Crippen LogP contribution in [0, 0.1) is 0 Å². The van der Waals surface area contributed by atoms with Gasteiger partial charge in [0.1, 0.15) is 16.5 Å². The van der Waals surface area contributed by atoms with E-state index in [4.69, 9.17) is 5.73 Å². The molecule has 3 aromatic heterocycles. The molecule has 4 rings (SSSR count). The minimum absolute atomic E-state index is 0.543. The molecule has 21 heavy (non-hydrogen) atoms. The van der Waals surface area contributed by atoms with Crippen LogP contribution < -0.4 is 5.73 Å². The number of hydrogen-bond acceptors (Lipinski definition) is 6. The molecule has 3 heterocycles. The number of fused-ring (bicyclic) bond motifs is 2. The largest absolute Gasteiger partial charge is 0.383 e. The molecule has 5 nitrogen and oxygen atoms in total. The number of H-pyrrole nitrogens is 1. The first-order valence-electron chi connectivity index (χ1n) is 6.37. The van der Waals surface area contributed by atoms with E-state index in [1.165, 1.54) is 0 Å². The van der Waals surface area contributed by atoms with Crippen LogP contribution in [0.3, 0.4) is 0 Å². The van der Waals surface area contributed by atoms with Crippen molar-refractivity contribution in [2.75, 3.05) is 5.73 Å². The number of nitrogens with one attached hydrogen (secondary N) is 1. The lowest BCUT2D eigenvalue weighted by Gasteiger charge is -2.01. The summed E-state index contributed by atoms with van der Waals surface area (Å²) in [7, 11) is 0. The van der Waals surface area contributed by atoms with Gasteiger partial charge in [-0.25, -0.2) is 15.0 Å². The normalized spacial score (nSPS) is 11.4. The molecule has 0 spiro atoms. The zero-order valence-corrected chi connectivity index (χ0v) is 12.5. The topological polar surface area (TPSA) is 80.5 Å². The summed E-state index contributed by atoms with van der Waals surface area (Å²) in [4.78, 5) is 17.6. The third-order valence-electron chi connectivity index (χ3n) is 3.11. The molecule has 0 aliphatic rings. The van der Waals surface area contributed by atoms with Gasteiger partial charge in [-0.3, -0.25) is 0 Å². The Kier molecular flexibility index (Phi) is 3.01. The van der Waals surface area contributed by atoms with Gasteiger partial charge in [0, 0.05) is 0 Å². The van der Waals surface area contributed by atoms with Crippen molar-refractivity contribution < 1.29 is 0 Å². The van der Waals surface area contributed by atoms with Crippen molar-refractivity contribution in [1.82, 2.24) is 19.9 Å². The summed E-state index contributed by atoms with van der Waals surface area (Å²) in [5.41, 5.74) is 7.96. The first kappa shape index (κ1) is 12.6. The van der Waals surface area contributed by atoms with Crippen LogP contribution in [-0.2, 0) is 5.75 Å². The summed E-state index contributed by atoms with van der Waals surface area (Å²) in [6, 6.07) is 9.92. The number of hydrogen-bond donors (Lipinski definition) is 2. The highest BCUT2D eigenvalue weighted by Gasteiger charge is 2.08. The molecule has 0 atom stereocenters. The van der Waals surface area contributed by atoms with Crippen LogP contribution in [0.15, 0.2) is 40.9 Å². The minimum Gasteiger partial charge on any atom is -0.383 e. The summed E-state index contributed by atoms with van der Waals surface area (Å²) < 4.78 is 0. The lowest BCUT2D eigenvalue weighted by Crippen LogP contribution is -1.98. The van der Waals surface area contributed by atoms with Crippen molar-refractivity contribution in [2.24, 2.45) is 0 Å². The van der Waals surface area contributed by atoms with Gasteiger partial charge in [0.25, 0.3) is 0 Å². The van der Waals surface area contributed by atoms with Crippen LogP contribution in [0.4, 0.5) is 5.82 Å². The van der Waals surface area contributed by atoms with Gasteiger partial charge < -0.3 is 10.7 Å². The molecule has 7 heteroatoms. The molecular weight excluding hydrogens is 302 g/mol. The Balaban J connectivity index is 1.59. The number of para-hydroxylation sites is 2. The summed E-state index contributed by atoms with van der Waals surface area (Å²) >= 11 is 3.15. The number of nitrogens with zero attached hydrogens (tertiary/aromatic N) is 3. The molecule has 104 valence electrons. The fourth-order valence-electron chi connectivity index (χ4n) is 2.12. The average molecular weight is 313 g/mol. The number of rotatable bonds is 3. The molecule has 0 bridgehead atoms. The highest BCUT2D eigenvalue weighted by molar-refractivity contribution is 7.98. The van der Waals surface area contributed by atoms with Gasteiger partial charge in [-0.15, -0.1) is 11.3 Å². The van der Waals surface area contributed by atoms with Crippen LogP contribution in [0.5, 0.6) is 0 Å². The summed E-state index contributed by atoms with van der Waals surface area (Å²) in [6.45, 7) is 0. The van der Waals surface area contributed by atoms with Crippen LogP contribution in [0.1, 0.15) is 5.82 Å². The molecule has 0 amide bonds. The number of thioether (sulfide) groups is 1. The predicted molar refractivity (Wildman–Crippen MR) is 87.5 cm³/mol. The van der Waals surface area contributed by atoms with E-state index in [2.05, 4.69) is 19.9 Å². The van der Waals surface area contributed by atoms with Crippen molar-refractivity contribution in [3.8, 4) is 0 Å². The monoisotopic (exact) mass is 313 g/mol. The van der Waals surface area contributed by atoms with E-state index in [-0.39, 0.29) is 0 Å². The molecule has 0 saturated heterocycles. The minimum atomic E-state index is 0.543. The van der Waals surface area contributed by atoms with Gasteiger partial charge in [-0.1, -0.05) is 23.9 Å². The number of imidazole rings is 1. The number of thiophene rings is 1. The van der Waals surface area contributed by atoms with Crippen molar-refractivity contribution in [2.45, 2.75) is 10.9 Å². The maximum absolute atomic E-state index is 5.95. The van der Waals surface area contributed by atoms with Crippen LogP contribution in [-0.4, -0.2) is 19.9 Å². The van der Waals surface area contributed by atoms with E-state index in [0.717, 1.165) is 32.2 Å². The van der Waals surface area contributed by atoms with Crippen LogP contribution in [0.25, 0.3) is 21.3 Å². The predicted octanol–water partition coefficient (Wildman–Crippen LogP) is 3.44. The van der Waals surface area contributed by atoms with Crippen molar-refractivity contribution >= 4 is 50.2 Å². The Bertz CT molecular complexity index is 894. The molecule has 1 aromatic carbocycles. The number of aromatic amines is 1. The highest BCUT2D eigenvalue weighted by atomic mass is 32.2. The Morgan fingerprint density at radius 2 is 2.05 bits per heavy atom. The fourth-order valence-corrected chi connectivity index (χ4v) is 3.65. The number of benzene rings is 1. The summed E-state index contributed by atoms with van der Waals surface area (Å²) in [5, 5.41) is 3.77. The third-order valence-corrected chi connectivity index (χ3v) is 4.78. The second-order valence-corrected chi connectivity index (χ2v) is 6.37. The third kappa shape index (κ3) is 2.34. The Labute approximate surface area is 128 Å². The van der Waals surface area contributed by atoms with E-state index < -0.39 is 0 Å². The molecule has 3 N–H and O–H groups in total. The lowest BCUT2D eigenvalue weighted by atomic mass is 10.3. The van der Waals surface area contributed by atoms with Gasteiger partial charge in [-0.05, 0) is 23.6 Å². The first-order valence-corrected chi connectivity index (χ1v) is 8.23. The summed E-state index contributed by atoms with van der Waals surface area (Å²) in [5.74, 6) is 1.91. The number of nitrogen functional groups attached to an aromatic ring is 1. The second-order valence-electron chi connectivity index (χ2n) is 4.51. The van der Waals surface area contributed by atoms with E-state index >= 15 is 0 Å². The summed E-state index contributed by atoms with van der Waals surface area (Å²) in [6.07, 6.45) is 0. The molecule has 0 unspecified atom stereocenters. The molecule has 4 aromatic rings. The molecule has 0 saturated carbocycles. The second kappa shape index (κ2) is 5.01. The van der Waals surface area contributed by atoms with E-state index in [0.29, 0.717) is 11.6 Å². The molecular formula is C14H11N5S2. The quantitative estimate of drug-likeness (QED) is 0.566. The van der Waals surface area contributed by atoms with Crippen LogP contribution >= 0.6 is 23.1 Å². The SMILES string of the molecule is Nc1nc(CSc2nc3ccccc3[nH]2)nc2sccc12. The van der Waals surface area contributed by atoms with Crippen molar-refractivity contribution in [3.05, 3.63) is 41.5 Å². The van der Waals surface area contributed by atoms with Gasteiger partial charge in [0.05, 0.1) is 22.2 Å². The highest BCUT2D eigenvalue weighted by Crippen LogP contribution is 2.26. The van der Waals surface area contributed by atoms with Crippen LogP contribution in [0.2, 0.25) is 0 Å². The van der Waals surface area contributed by atoms with Crippen molar-refractivity contribution in [3.63, 3.8) is 0 Å². The van der Waals surface area contributed by atoms with E-state index in [1.807, 2.05) is 35.7 Å². The van der Waals surface area contributed by atoms with Gasteiger partial charge >= 0.3 is 0 Å². The molecule has 0 radical (unpaired) electrons. The zero-order valence-electron chi connectivity index (χ0n) is 10.9. The lowest BCUT2D eigenvalue weighted by molar-refractivity contribution is 1.05. The zero-order chi connectivity index (χ0) is 14.2. The molecule has 0 fully saturated rings. The number of aromatic nitrogens is 4. The van der Waals surface area contributed by atoms with Gasteiger partial charge in [-0.2, -0.15) is 0 Å². The molecule has 0 aliphatic carbocycles. The fraction of sp³-hybridized carbons (Fsp3) is 0.0714. The Hall–Kier alpha value is -2.12. The number of anilines is 1. The van der Waals surface area contributed by atoms with Crippen molar-refractivity contribution in [1.29, 1.82) is 0 Å². The van der Waals surface area contributed by atoms with E-state index in [9.17, 15) is 0 Å². The Morgan fingerprint density at radius 3 is 2.95 bits per heavy atom. The molecule has 0 aliphatic heterocycles. The van der Waals surface area contributed by atoms with E-state index in [1.54, 1.807) is 23.1 Å². The maximum atomic E-state index is 5.95. The first-order chi connectivity index (χ1) is 10.3. The number of nitrogens with two attached hydrogens (primary N) is 1. The smallest absolute Gasteiger partial charge is 0.166 e. The standard InChI is InChI=1S/C14H11N5S2/c15-12-8-5-6-20-13(8)19-11(18-12)7-21-14-16-9-3-1-2-4-10(9)17-14/h1-6H,7H2,(H,16,17)(H2,15,18,19). The van der Waals surface area contributed by atoms with Gasteiger partial charge in [0.2, 0.25) is 0 Å². The average Bonchev–Trinajstić information content (AvgIpc) is 3.11. The van der Waals surface area contributed by atoms with Gasteiger partial charge in [0.15, 0.2) is 5.16 Å². The maximum Gasteiger partial charge on any atom is 0.166 e. The Morgan fingerprint density at radius 1 is 1.14 bits per heavy atom.